The highest BCUT2D eigenvalue weighted by Crippen LogP contribution is 2.38. The molecular formula is C25H34N6O4S. The van der Waals surface area contributed by atoms with Crippen LogP contribution in [0.3, 0.4) is 0 Å². The highest BCUT2D eigenvalue weighted by atomic mass is 32.2. The van der Waals surface area contributed by atoms with Gasteiger partial charge in [0, 0.05) is 31.4 Å². The van der Waals surface area contributed by atoms with Gasteiger partial charge in [0.05, 0.1) is 29.3 Å². The van der Waals surface area contributed by atoms with Crippen LogP contribution in [0.15, 0.2) is 36.4 Å². The van der Waals surface area contributed by atoms with Crippen molar-refractivity contribution in [3.8, 4) is 0 Å². The number of carbonyl (C=O) groups is 1. The fourth-order valence-corrected chi connectivity index (χ4v) is 5.37. The quantitative estimate of drug-likeness (QED) is 0.457. The van der Waals surface area contributed by atoms with Gasteiger partial charge in [-0.05, 0) is 56.2 Å². The number of amides is 1. The summed E-state index contributed by atoms with van der Waals surface area (Å²) in [5.41, 5.74) is 2.31. The Labute approximate surface area is 212 Å². The van der Waals surface area contributed by atoms with Crippen molar-refractivity contribution < 1.29 is 18.3 Å². The molecule has 0 aliphatic carbocycles. The smallest absolute Gasteiger partial charge is 0.258 e. The van der Waals surface area contributed by atoms with Gasteiger partial charge in [-0.25, -0.2) is 13.4 Å². The second kappa shape index (κ2) is 10.8. The van der Waals surface area contributed by atoms with E-state index in [1.807, 2.05) is 6.92 Å². The second-order valence-corrected chi connectivity index (χ2v) is 11.6. The molecule has 1 saturated heterocycles. The summed E-state index contributed by atoms with van der Waals surface area (Å²) in [5, 5.41) is 15.2. The van der Waals surface area contributed by atoms with Crippen LogP contribution in [0.2, 0.25) is 0 Å². The maximum Gasteiger partial charge on any atom is 0.258 e. The van der Waals surface area contributed by atoms with Gasteiger partial charge in [0.25, 0.3) is 5.91 Å². The van der Waals surface area contributed by atoms with E-state index in [1.54, 1.807) is 24.3 Å². The molecule has 4 bridgehead atoms. The van der Waals surface area contributed by atoms with Crippen LogP contribution in [0.25, 0.3) is 0 Å². The summed E-state index contributed by atoms with van der Waals surface area (Å²) in [4.78, 5) is 24.4. The molecule has 3 aliphatic rings. The van der Waals surface area contributed by atoms with Crippen molar-refractivity contribution in [2.75, 3.05) is 52.2 Å². The Hall–Kier alpha value is -3.18. The first-order valence-corrected chi connectivity index (χ1v) is 13.9. The molecule has 0 unspecified atom stereocenters. The number of anilines is 4. The number of allylic oxidation sites excluding steroid dienone is 1. The van der Waals surface area contributed by atoms with Gasteiger partial charge in [-0.2, -0.15) is 4.98 Å². The van der Waals surface area contributed by atoms with Crippen LogP contribution < -0.4 is 20.3 Å². The number of hydrogen-bond acceptors (Lipinski definition) is 8. The van der Waals surface area contributed by atoms with E-state index in [-0.39, 0.29) is 11.3 Å². The van der Waals surface area contributed by atoms with Crippen LogP contribution in [0.5, 0.6) is 0 Å². The molecule has 3 aliphatic heterocycles. The molecule has 5 rings (SSSR count). The maximum atomic E-state index is 13.4. The largest absolute Gasteiger partial charge is 0.395 e. The van der Waals surface area contributed by atoms with E-state index in [1.165, 1.54) is 0 Å². The summed E-state index contributed by atoms with van der Waals surface area (Å²) in [6.07, 6.45) is 8.14. The third kappa shape index (κ3) is 6.52. The Bertz CT molecular complexity index is 1240. The summed E-state index contributed by atoms with van der Waals surface area (Å²) in [7, 11) is -3.70. The number of aromatic nitrogens is 2. The Morgan fingerprint density at radius 3 is 2.69 bits per heavy atom. The number of piperidine rings is 1. The monoisotopic (exact) mass is 514 g/mol. The first-order valence-electron chi connectivity index (χ1n) is 12.2. The molecule has 0 atom stereocenters. The van der Waals surface area contributed by atoms with E-state index in [4.69, 9.17) is 5.11 Å². The molecule has 4 N–H and O–H groups in total. The highest BCUT2D eigenvalue weighted by Gasteiger charge is 2.31. The average Bonchev–Trinajstić information content (AvgIpc) is 2.80. The molecule has 1 amide bonds. The molecule has 4 heterocycles. The standard InChI is InChI=1S/C25H34N6O4S/c1-18-16-22-28-23(33)20-7-6-19(30-36(34,35)15-14-32)17-21(20)31-12-9-25(2,10-13-31)8-4-3-5-11-26-24(27-18)29-22/h3-4,6-7,16-17,30,32H,5,8-15H2,1-2H3,(H2,26,27,28,29,33)/b4-3-. The topological polar surface area (TPSA) is 137 Å². The summed E-state index contributed by atoms with van der Waals surface area (Å²) >= 11 is 0. The average molecular weight is 515 g/mol. The van der Waals surface area contributed by atoms with Gasteiger partial charge >= 0.3 is 0 Å². The molecule has 1 fully saturated rings. The van der Waals surface area contributed by atoms with Gasteiger partial charge in [0.1, 0.15) is 5.82 Å². The minimum Gasteiger partial charge on any atom is -0.395 e. The Kier molecular flexibility index (Phi) is 7.79. The van der Waals surface area contributed by atoms with Crippen LogP contribution in [0.1, 0.15) is 48.7 Å². The molecule has 11 heteroatoms. The molecule has 10 nitrogen and oxygen atoms in total. The van der Waals surface area contributed by atoms with Crippen molar-refractivity contribution in [3.63, 3.8) is 0 Å². The second-order valence-electron chi connectivity index (χ2n) is 9.74. The van der Waals surface area contributed by atoms with Crippen LogP contribution in [0, 0.1) is 12.3 Å². The van der Waals surface area contributed by atoms with Crippen molar-refractivity contribution in [1.82, 2.24) is 9.97 Å². The van der Waals surface area contributed by atoms with Gasteiger partial charge < -0.3 is 20.6 Å². The van der Waals surface area contributed by atoms with Gasteiger partial charge in [0.2, 0.25) is 16.0 Å². The van der Waals surface area contributed by atoms with E-state index in [2.05, 4.69) is 49.3 Å². The van der Waals surface area contributed by atoms with Crippen LogP contribution in [0.4, 0.5) is 23.1 Å². The normalized spacial score (nSPS) is 19.0. The number of benzene rings is 1. The predicted octanol–water partition coefficient (Wildman–Crippen LogP) is 3.14. The lowest BCUT2D eigenvalue weighted by Crippen LogP contribution is -2.39. The first kappa shape index (κ1) is 25.9. The lowest BCUT2D eigenvalue weighted by Gasteiger charge is -2.40. The van der Waals surface area contributed by atoms with Crippen molar-refractivity contribution in [3.05, 3.63) is 47.7 Å². The van der Waals surface area contributed by atoms with E-state index in [0.717, 1.165) is 44.5 Å². The summed E-state index contributed by atoms with van der Waals surface area (Å²) in [6, 6.07) is 6.59. The van der Waals surface area contributed by atoms with Crippen molar-refractivity contribution >= 4 is 39.1 Å². The molecular weight excluding hydrogens is 480 g/mol. The minimum absolute atomic E-state index is 0.157. The maximum absolute atomic E-state index is 13.4. The molecule has 0 saturated carbocycles. The van der Waals surface area contributed by atoms with Crippen LogP contribution in [-0.2, 0) is 10.0 Å². The zero-order valence-corrected chi connectivity index (χ0v) is 21.6. The molecule has 2 aromatic rings. The van der Waals surface area contributed by atoms with Gasteiger partial charge in [-0.1, -0.05) is 19.1 Å². The Morgan fingerprint density at radius 2 is 1.94 bits per heavy atom. The summed E-state index contributed by atoms with van der Waals surface area (Å²) in [5.74, 6) is 0.106. The molecule has 1 aromatic carbocycles. The number of hydrogen-bond donors (Lipinski definition) is 4. The van der Waals surface area contributed by atoms with Crippen molar-refractivity contribution in [1.29, 1.82) is 0 Å². The number of nitrogens with zero attached hydrogens (tertiary/aromatic N) is 3. The zero-order chi connectivity index (χ0) is 25.8. The minimum atomic E-state index is -3.70. The van der Waals surface area contributed by atoms with E-state index in [9.17, 15) is 13.2 Å². The van der Waals surface area contributed by atoms with Gasteiger partial charge in [-0.15, -0.1) is 0 Å². The molecule has 194 valence electrons. The lowest BCUT2D eigenvalue weighted by molar-refractivity contribution is 0.102. The Morgan fingerprint density at radius 1 is 1.17 bits per heavy atom. The SMILES string of the molecule is Cc1cc2nc(n1)NCC/C=C\CC1(C)CCN(CC1)c1cc(NS(=O)(=O)CCO)ccc1C(=O)N2. The Balaban J connectivity index is 1.71. The number of carbonyl (C=O) groups excluding carboxylic acids is 1. The fourth-order valence-electron chi connectivity index (χ4n) is 4.54. The van der Waals surface area contributed by atoms with Crippen LogP contribution >= 0.6 is 0 Å². The molecule has 0 spiro atoms. The summed E-state index contributed by atoms with van der Waals surface area (Å²) < 4.78 is 27.0. The molecule has 0 radical (unpaired) electrons. The van der Waals surface area contributed by atoms with E-state index in [0.29, 0.717) is 35.2 Å². The number of rotatable bonds is 4. The number of fused-ring (bicyclic) bond motifs is 7. The third-order valence-corrected chi connectivity index (χ3v) is 7.92. The summed E-state index contributed by atoms with van der Waals surface area (Å²) in [6.45, 7) is 5.84. The number of aryl methyl sites for hydroxylation is 1. The molecule has 1 aromatic heterocycles. The first-order chi connectivity index (χ1) is 17.2. The van der Waals surface area contributed by atoms with Crippen molar-refractivity contribution in [2.24, 2.45) is 5.41 Å². The van der Waals surface area contributed by atoms with Gasteiger partial charge in [-0.3, -0.25) is 9.52 Å². The number of aliphatic hydroxyl groups excluding tert-OH is 1. The van der Waals surface area contributed by atoms with Crippen molar-refractivity contribution in [2.45, 2.75) is 39.5 Å². The molecule has 36 heavy (non-hydrogen) atoms. The third-order valence-electron chi connectivity index (χ3n) is 6.65. The predicted molar refractivity (Wildman–Crippen MR) is 142 cm³/mol. The highest BCUT2D eigenvalue weighted by molar-refractivity contribution is 7.92. The van der Waals surface area contributed by atoms with E-state index >= 15 is 0 Å². The van der Waals surface area contributed by atoms with Crippen LogP contribution in [-0.4, -0.2) is 61.4 Å². The zero-order valence-electron chi connectivity index (χ0n) is 20.7. The lowest BCUT2D eigenvalue weighted by atomic mass is 9.77. The van der Waals surface area contributed by atoms with E-state index < -0.39 is 22.4 Å². The fraction of sp³-hybridized carbons (Fsp3) is 0.480. The number of aliphatic hydroxyl groups is 1. The van der Waals surface area contributed by atoms with Gasteiger partial charge in [0.15, 0.2) is 0 Å². The number of nitrogens with one attached hydrogen (secondary N) is 3. The number of sulfonamides is 1.